The van der Waals surface area contributed by atoms with E-state index in [0.29, 0.717) is 17.2 Å². The molecule has 2 heterocycles. The average Bonchev–Trinajstić information content (AvgIpc) is 3.94. The van der Waals surface area contributed by atoms with E-state index >= 15 is 0 Å². The number of aliphatic hydroxyl groups excluding tert-OH is 1. The van der Waals surface area contributed by atoms with Gasteiger partial charge in [-0.15, -0.1) is 17.7 Å². The molecule has 0 saturated heterocycles. The minimum atomic E-state index is -4.17. The molecule has 4 nitrogen and oxygen atoms in total. The number of allylic oxidation sites excluding steroid dienone is 2. The van der Waals surface area contributed by atoms with E-state index in [9.17, 15) is 23.1 Å². The molecule has 0 atom stereocenters. The Kier molecular flexibility index (Phi) is 11.5. The number of halogens is 3. The third kappa shape index (κ3) is 8.18. The molecule has 3 aliphatic rings. The second kappa shape index (κ2) is 15.8. The van der Waals surface area contributed by atoms with E-state index in [1.54, 1.807) is 12.3 Å². The third-order valence-corrected chi connectivity index (χ3v) is 10.8. The Hall–Kier alpha value is -3.48. The van der Waals surface area contributed by atoms with Crippen molar-refractivity contribution < 1.29 is 47.6 Å². The normalized spacial score (nSPS) is 17.8. The van der Waals surface area contributed by atoms with Crippen molar-refractivity contribution >= 4 is 38.5 Å². The Morgan fingerprint density at radius 2 is 1.54 bits per heavy atom. The maximum atomic E-state index is 12.7. The molecule has 8 rings (SSSR count). The van der Waals surface area contributed by atoms with Crippen LogP contribution in [-0.4, -0.2) is 22.1 Å². The maximum Gasteiger partial charge on any atom is 0.389 e. The van der Waals surface area contributed by atoms with Crippen LogP contribution >= 0.6 is 0 Å². The fourth-order valence-corrected chi connectivity index (χ4v) is 8.09. The van der Waals surface area contributed by atoms with E-state index in [4.69, 9.17) is 9.40 Å². The molecule has 1 N–H and O–H groups in total. The Morgan fingerprint density at radius 3 is 2.26 bits per heavy atom. The Balaban J connectivity index is 0.000000227. The smallest absolute Gasteiger partial charge is 0.389 e. The average molecular weight is 859 g/mol. The van der Waals surface area contributed by atoms with Crippen LogP contribution in [0.25, 0.3) is 44.0 Å². The monoisotopic (exact) mass is 859 g/mol. The minimum absolute atomic E-state index is 0. The maximum absolute atomic E-state index is 12.7. The van der Waals surface area contributed by atoms with Crippen LogP contribution in [0.3, 0.4) is 0 Å². The zero-order valence-electron chi connectivity index (χ0n) is 28.2. The van der Waals surface area contributed by atoms with Crippen LogP contribution < -0.4 is 0 Å². The predicted molar refractivity (Wildman–Crippen MR) is 189 cm³/mol. The number of alkyl halides is 3. The number of nitrogens with zero attached hydrogens (tertiary/aromatic N) is 1. The largest absolute Gasteiger partial charge is 0.512 e. The van der Waals surface area contributed by atoms with Crippen LogP contribution in [0.4, 0.5) is 13.2 Å². The minimum Gasteiger partial charge on any atom is -0.512 e. The summed E-state index contributed by atoms with van der Waals surface area (Å²) in [5.41, 5.74) is 5.01. The molecule has 0 bridgehead atoms. The number of rotatable bonds is 7. The van der Waals surface area contributed by atoms with Crippen LogP contribution in [0.5, 0.6) is 0 Å². The predicted octanol–water partition coefficient (Wildman–Crippen LogP) is 12.1. The van der Waals surface area contributed by atoms with Gasteiger partial charge in [0.05, 0.1) is 11.3 Å². The number of hydrogen-bond donors (Lipinski definition) is 1. The van der Waals surface area contributed by atoms with Crippen molar-refractivity contribution in [1.29, 1.82) is 0 Å². The number of benzene rings is 3. The van der Waals surface area contributed by atoms with E-state index < -0.39 is 12.6 Å². The molecular weight excluding hydrogens is 816 g/mol. The van der Waals surface area contributed by atoms with Gasteiger partial charge >= 0.3 is 6.18 Å². The number of carbonyl (C=O) groups is 1. The van der Waals surface area contributed by atoms with Gasteiger partial charge in [-0.1, -0.05) is 85.9 Å². The van der Waals surface area contributed by atoms with Crippen molar-refractivity contribution in [2.75, 3.05) is 0 Å². The Morgan fingerprint density at radius 1 is 0.860 bits per heavy atom. The van der Waals surface area contributed by atoms with Gasteiger partial charge in [0, 0.05) is 56.0 Å². The first-order valence-corrected chi connectivity index (χ1v) is 18.0. The SMILES string of the molecule is FC(F)(F)CCc1ccc2c(-c3[c-]c(C4CCCC4)cc4c3oc3ccccc34)nccc2c1.O=C(/C=C(\O)C1CCCC1)C1CCCC1.[Ir]. The molecule has 50 heavy (non-hydrogen) atoms. The first-order valence-electron chi connectivity index (χ1n) is 18.0. The summed E-state index contributed by atoms with van der Waals surface area (Å²) >= 11 is 0. The molecule has 0 unspecified atom stereocenters. The number of fused-ring (bicyclic) bond motifs is 4. The second-order valence-corrected chi connectivity index (χ2v) is 14.2. The van der Waals surface area contributed by atoms with Crippen LogP contribution in [0.2, 0.25) is 0 Å². The Bertz CT molecular complexity index is 1980. The van der Waals surface area contributed by atoms with Gasteiger partial charge in [0.15, 0.2) is 5.78 Å². The summed E-state index contributed by atoms with van der Waals surface area (Å²) in [5.74, 6) is 1.46. The van der Waals surface area contributed by atoms with Gasteiger partial charge < -0.3 is 14.5 Å². The molecular formula is C42H43F3IrNO3-. The number of para-hydroxylation sites is 1. The van der Waals surface area contributed by atoms with E-state index in [-0.39, 0.29) is 44.1 Å². The van der Waals surface area contributed by atoms with Crippen LogP contribution in [-0.2, 0) is 31.3 Å². The number of pyridine rings is 1. The number of hydrogen-bond acceptors (Lipinski definition) is 4. The van der Waals surface area contributed by atoms with E-state index in [1.807, 2.05) is 36.4 Å². The topological polar surface area (TPSA) is 63.3 Å². The number of furan rings is 1. The molecule has 8 heteroatoms. The van der Waals surface area contributed by atoms with E-state index in [2.05, 4.69) is 18.2 Å². The molecule has 3 aromatic carbocycles. The molecule has 0 spiro atoms. The van der Waals surface area contributed by atoms with Gasteiger partial charge in [-0.05, 0) is 85.0 Å². The van der Waals surface area contributed by atoms with Crippen LogP contribution in [0, 0.1) is 17.9 Å². The van der Waals surface area contributed by atoms with Crippen LogP contribution in [0.1, 0.15) is 101 Å². The molecule has 265 valence electrons. The molecule has 1 radical (unpaired) electrons. The van der Waals surface area contributed by atoms with E-state index in [1.165, 1.54) is 50.2 Å². The summed E-state index contributed by atoms with van der Waals surface area (Å²) in [7, 11) is 0. The van der Waals surface area contributed by atoms with E-state index in [0.717, 1.165) is 82.5 Å². The van der Waals surface area contributed by atoms with Crippen molar-refractivity contribution in [1.82, 2.24) is 4.98 Å². The van der Waals surface area contributed by atoms with Gasteiger partial charge in [-0.3, -0.25) is 4.79 Å². The van der Waals surface area contributed by atoms with Crippen molar-refractivity contribution in [3.8, 4) is 11.3 Å². The molecule has 0 amide bonds. The first kappa shape index (κ1) is 36.3. The second-order valence-electron chi connectivity index (χ2n) is 14.2. The first-order chi connectivity index (χ1) is 23.7. The number of carbonyl (C=O) groups excluding carboxylic acids is 1. The Labute approximate surface area is 304 Å². The standard InChI is InChI=1S/C29H23F3NO.C13H20O2.Ir/c30-29(31,32)13-11-18-9-10-22-20(15-18)12-14-33-27(22)25-17-21(19-5-1-2-6-19)16-24-23-7-3-4-8-26(23)34-28(24)25;14-12(10-5-1-2-6-10)9-13(15)11-7-3-4-8-11;/h3-4,7-10,12,14-16,19H,1-2,5-6,11,13H2;9-11,14H,1-8H2;/q-1;;/b;12-9-;. The fraction of sp³-hybridized carbons (Fsp3) is 0.429. The molecule has 5 aromatic rings. The molecule has 3 fully saturated rings. The fourth-order valence-electron chi connectivity index (χ4n) is 8.09. The van der Waals surface area contributed by atoms with Gasteiger partial charge in [0.1, 0.15) is 5.58 Å². The number of aromatic nitrogens is 1. The van der Waals surface area contributed by atoms with Crippen molar-refractivity contribution in [2.45, 2.75) is 102 Å². The zero-order valence-corrected chi connectivity index (χ0v) is 30.6. The summed E-state index contributed by atoms with van der Waals surface area (Å²) in [6.45, 7) is 0. The summed E-state index contributed by atoms with van der Waals surface area (Å²) in [5, 5.41) is 13.7. The van der Waals surface area contributed by atoms with Crippen molar-refractivity contribution in [3.05, 3.63) is 89.8 Å². The molecule has 3 saturated carbocycles. The number of aryl methyl sites for hydroxylation is 1. The quantitative estimate of drug-likeness (QED) is 0.101. The molecule has 0 aliphatic heterocycles. The third-order valence-electron chi connectivity index (χ3n) is 10.8. The van der Waals surface area contributed by atoms with Gasteiger partial charge in [0.25, 0.3) is 0 Å². The van der Waals surface area contributed by atoms with Crippen molar-refractivity contribution in [2.24, 2.45) is 11.8 Å². The van der Waals surface area contributed by atoms with Crippen LogP contribution in [0.15, 0.2) is 77.0 Å². The molecule has 2 aromatic heterocycles. The van der Waals surface area contributed by atoms with Gasteiger partial charge in [-0.2, -0.15) is 13.2 Å². The van der Waals surface area contributed by atoms with Crippen molar-refractivity contribution in [3.63, 3.8) is 0 Å². The summed E-state index contributed by atoms with van der Waals surface area (Å²) in [6, 6.07) is 21.2. The number of aliphatic hydroxyl groups is 1. The summed E-state index contributed by atoms with van der Waals surface area (Å²) < 4.78 is 44.5. The zero-order chi connectivity index (χ0) is 34.0. The van der Waals surface area contributed by atoms with Gasteiger partial charge in [-0.25, -0.2) is 0 Å². The summed E-state index contributed by atoms with van der Waals surface area (Å²) in [4.78, 5) is 16.5. The summed E-state index contributed by atoms with van der Waals surface area (Å²) in [6.07, 6.45) is 11.9. The molecule has 3 aliphatic carbocycles. The number of ketones is 1. The van der Waals surface area contributed by atoms with Gasteiger partial charge in [0.2, 0.25) is 0 Å².